The first-order valence-corrected chi connectivity index (χ1v) is 13.0. The number of nitrogens with zero attached hydrogens (tertiary/aromatic N) is 2. The van der Waals surface area contributed by atoms with Crippen molar-refractivity contribution in [3.63, 3.8) is 0 Å². The van der Waals surface area contributed by atoms with E-state index in [1.54, 1.807) is 22.3 Å². The maximum Gasteiger partial charge on any atom is 0.172 e. The Morgan fingerprint density at radius 3 is 1.52 bits per heavy atom. The molecule has 2 aliphatic heterocycles. The van der Waals surface area contributed by atoms with E-state index in [1.165, 1.54) is 77.0 Å². The highest BCUT2D eigenvalue weighted by atomic mass is 32.2. The van der Waals surface area contributed by atoms with Crippen molar-refractivity contribution in [3.8, 4) is 0 Å². The molecule has 2 nitrogen and oxygen atoms in total. The molecule has 0 N–H and O–H groups in total. The van der Waals surface area contributed by atoms with E-state index < -0.39 is 0 Å². The summed E-state index contributed by atoms with van der Waals surface area (Å²) in [5.74, 6) is 0. The van der Waals surface area contributed by atoms with Gasteiger partial charge in [0.15, 0.2) is 36.9 Å². The minimum Gasteiger partial charge on any atom is -0.201 e. The van der Waals surface area contributed by atoms with Gasteiger partial charge in [-0.1, -0.05) is 0 Å². The monoisotopic (exact) mass is 406 g/mol. The van der Waals surface area contributed by atoms with E-state index in [2.05, 4.69) is 57.8 Å². The van der Waals surface area contributed by atoms with Crippen LogP contribution in [0.3, 0.4) is 0 Å². The zero-order valence-corrected chi connectivity index (χ0v) is 18.4. The molecule has 29 heavy (non-hydrogen) atoms. The van der Waals surface area contributed by atoms with Crippen LogP contribution < -0.4 is 9.13 Å². The normalized spacial score (nSPS) is 31.0. The molecule has 152 valence electrons. The number of aromatic nitrogens is 2. The van der Waals surface area contributed by atoms with Crippen LogP contribution in [0, 0.1) is 0 Å². The predicted molar refractivity (Wildman–Crippen MR) is 118 cm³/mol. The maximum absolute atomic E-state index is 2.60. The summed E-state index contributed by atoms with van der Waals surface area (Å²) in [5.41, 5.74) is 6.48. The minimum atomic E-state index is 0.706. The Bertz CT molecular complexity index is 834. The van der Waals surface area contributed by atoms with Crippen molar-refractivity contribution in [1.29, 1.82) is 0 Å². The molecule has 2 aromatic heterocycles. The largest absolute Gasteiger partial charge is 0.201 e. The molecule has 2 bridgehead atoms. The van der Waals surface area contributed by atoms with Crippen LogP contribution in [0.25, 0.3) is 0 Å². The highest BCUT2D eigenvalue weighted by Gasteiger charge is 2.46. The van der Waals surface area contributed by atoms with Crippen molar-refractivity contribution in [2.75, 3.05) is 0 Å². The average molecular weight is 407 g/mol. The molecule has 4 aliphatic rings. The fourth-order valence-electron chi connectivity index (χ4n) is 6.44. The summed E-state index contributed by atoms with van der Waals surface area (Å²) in [6.45, 7) is 0. The number of rotatable bonds is 2. The van der Waals surface area contributed by atoms with Crippen LogP contribution in [0.1, 0.15) is 85.7 Å². The molecule has 0 unspecified atom stereocenters. The van der Waals surface area contributed by atoms with Crippen molar-refractivity contribution in [2.45, 2.75) is 99.6 Å². The SMILES string of the molecule is c1c[n+]([C@@H]2CC[C@H]3S[C@@H]2CC[C@H]3[n+]2ccc3c(c2)CCCC3)cc2c1CCCC2. The summed E-state index contributed by atoms with van der Waals surface area (Å²) in [7, 11) is 0. The molecule has 3 heteroatoms. The van der Waals surface area contributed by atoms with Gasteiger partial charge in [0, 0.05) is 36.1 Å². The number of pyridine rings is 2. The second-order valence-electron chi connectivity index (χ2n) is 9.80. The number of aryl methyl sites for hydroxylation is 4. The van der Waals surface area contributed by atoms with Crippen LogP contribution in [0.2, 0.25) is 0 Å². The van der Waals surface area contributed by atoms with E-state index in [4.69, 9.17) is 0 Å². The lowest BCUT2D eigenvalue weighted by Gasteiger charge is -2.39. The lowest BCUT2D eigenvalue weighted by molar-refractivity contribution is -0.733. The minimum absolute atomic E-state index is 0.706. The summed E-state index contributed by atoms with van der Waals surface area (Å²) >= 11 is 2.31. The number of hydrogen-bond donors (Lipinski definition) is 0. The maximum atomic E-state index is 2.60. The number of fused-ring (bicyclic) bond motifs is 4. The van der Waals surface area contributed by atoms with Gasteiger partial charge in [-0.05, 0) is 75.3 Å². The Balaban J connectivity index is 1.20. The fourth-order valence-corrected chi connectivity index (χ4v) is 8.35. The van der Waals surface area contributed by atoms with Crippen molar-refractivity contribution in [3.05, 3.63) is 59.2 Å². The van der Waals surface area contributed by atoms with Gasteiger partial charge in [0.1, 0.15) is 0 Å². The first kappa shape index (κ1) is 18.4. The second-order valence-corrected chi connectivity index (χ2v) is 11.3. The van der Waals surface area contributed by atoms with Crippen molar-refractivity contribution in [2.24, 2.45) is 0 Å². The van der Waals surface area contributed by atoms with E-state index in [-0.39, 0.29) is 0 Å². The second kappa shape index (κ2) is 7.72. The Hall–Kier alpha value is -1.35. The fraction of sp³-hybridized carbons (Fsp3) is 0.615. The summed E-state index contributed by atoms with van der Waals surface area (Å²) in [5, 5.41) is 1.60. The van der Waals surface area contributed by atoms with E-state index in [1.807, 2.05) is 0 Å². The lowest BCUT2D eigenvalue weighted by Crippen LogP contribution is -2.54. The van der Waals surface area contributed by atoms with E-state index in [9.17, 15) is 0 Å². The van der Waals surface area contributed by atoms with Gasteiger partial charge in [-0.15, -0.1) is 11.8 Å². The molecule has 0 aromatic carbocycles. The summed E-state index contributed by atoms with van der Waals surface area (Å²) < 4.78 is 5.20. The van der Waals surface area contributed by atoms with Crippen molar-refractivity contribution >= 4 is 11.8 Å². The van der Waals surface area contributed by atoms with Crippen molar-refractivity contribution < 1.29 is 9.13 Å². The molecule has 0 amide bonds. The third kappa shape index (κ3) is 3.44. The molecule has 2 aromatic rings. The van der Waals surface area contributed by atoms with Crippen LogP contribution in [-0.2, 0) is 25.7 Å². The highest BCUT2D eigenvalue weighted by Crippen LogP contribution is 2.47. The molecule has 2 saturated heterocycles. The quantitative estimate of drug-likeness (QED) is 0.647. The molecular formula is C26H34N2S+2. The van der Waals surface area contributed by atoms with E-state index >= 15 is 0 Å². The molecule has 2 aliphatic carbocycles. The third-order valence-electron chi connectivity index (χ3n) is 8.08. The van der Waals surface area contributed by atoms with Crippen LogP contribution in [-0.4, -0.2) is 10.5 Å². The van der Waals surface area contributed by atoms with Gasteiger partial charge in [0.2, 0.25) is 0 Å². The summed E-state index contributed by atoms with van der Waals surface area (Å²) in [4.78, 5) is 0. The van der Waals surface area contributed by atoms with Gasteiger partial charge in [0.05, 0.1) is 10.5 Å². The van der Waals surface area contributed by atoms with Crippen LogP contribution in [0.5, 0.6) is 0 Å². The standard InChI is InChI=1S/C26H34N2S/c1-3-7-21-17-27(15-13-19(21)5-1)23-9-11-26-24(10-12-25(23)29-26)28-16-14-20-6-2-4-8-22(20)18-28/h13-18,23-26H,1-12H2/q+2/t23-,24-,25-,26-/m1/s1. The van der Waals surface area contributed by atoms with Gasteiger partial charge in [-0.25, -0.2) is 9.13 Å². The molecule has 6 rings (SSSR count). The van der Waals surface area contributed by atoms with Crippen LogP contribution in [0.15, 0.2) is 36.9 Å². The first-order valence-electron chi connectivity index (χ1n) is 12.1. The molecule has 0 saturated carbocycles. The van der Waals surface area contributed by atoms with Gasteiger partial charge < -0.3 is 0 Å². The molecule has 2 fully saturated rings. The van der Waals surface area contributed by atoms with Gasteiger partial charge >= 0.3 is 0 Å². The summed E-state index contributed by atoms with van der Waals surface area (Å²) in [6.07, 6.45) is 26.0. The zero-order chi connectivity index (χ0) is 19.2. The lowest BCUT2D eigenvalue weighted by atomic mass is 9.89. The Morgan fingerprint density at radius 1 is 0.586 bits per heavy atom. The van der Waals surface area contributed by atoms with Crippen LogP contribution >= 0.6 is 11.8 Å². The Labute approximate surface area is 179 Å². The smallest absolute Gasteiger partial charge is 0.172 e. The Kier molecular flexibility index (Phi) is 4.91. The zero-order valence-electron chi connectivity index (χ0n) is 17.6. The van der Waals surface area contributed by atoms with Crippen molar-refractivity contribution in [1.82, 2.24) is 0 Å². The number of hydrogen-bond acceptors (Lipinski definition) is 1. The van der Waals surface area contributed by atoms with Gasteiger partial charge in [-0.3, -0.25) is 0 Å². The average Bonchev–Trinajstić information content (AvgIpc) is 2.79. The van der Waals surface area contributed by atoms with Gasteiger partial charge in [0.25, 0.3) is 0 Å². The molecule has 4 heterocycles. The van der Waals surface area contributed by atoms with E-state index in [0.717, 1.165) is 10.5 Å². The summed E-state index contributed by atoms with van der Waals surface area (Å²) in [6, 6.07) is 6.27. The molecular weight excluding hydrogens is 372 g/mol. The molecule has 0 spiro atoms. The van der Waals surface area contributed by atoms with Gasteiger partial charge in [-0.2, -0.15) is 0 Å². The number of thioether (sulfide) groups is 1. The highest BCUT2D eigenvalue weighted by molar-refractivity contribution is 8.00. The third-order valence-corrected chi connectivity index (χ3v) is 9.88. The topological polar surface area (TPSA) is 7.76 Å². The van der Waals surface area contributed by atoms with Crippen LogP contribution in [0.4, 0.5) is 0 Å². The molecule has 4 atom stereocenters. The van der Waals surface area contributed by atoms with E-state index in [0.29, 0.717) is 12.1 Å². The first-order chi connectivity index (χ1) is 14.3. The Morgan fingerprint density at radius 2 is 1.03 bits per heavy atom. The molecule has 0 radical (unpaired) electrons. The predicted octanol–water partition coefficient (Wildman–Crippen LogP) is 4.86.